The summed E-state index contributed by atoms with van der Waals surface area (Å²) in [5, 5.41) is 19.8. The van der Waals surface area contributed by atoms with Crippen molar-refractivity contribution in [2.45, 2.75) is 25.8 Å². The second-order valence-electron chi connectivity index (χ2n) is 7.18. The minimum Gasteiger partial charge on any atom is -0.506 e. The van der Waals surface area contributed by atoms with Gasteiger partial charge in [-0.05, 0) is 61.2 Å². The zero-order valence-corrected chi connectivity index (χ0v) is 15.8. The van der Waals surface area contributed by atoms with Gasteiger partial charge in [0, 0.05) is 24.5 Å². The van der Waals surface area contributed by atoms with E-state index in [4.69, 9.17) is 10.00 Å². The molecule has 2 heterocycles. The molecule has 0 fully saturated rings. The fourth-order valence-electron chi connectivity index (χ4n) is 3.68. The molecule has 0 bridgehead atoms. The third-order valence-electron chi connectivity index (χ3n) is 5.22. The predicted molar refractivity (Wildman–Crippen MR) is 108 cm³/mol. The molecular formula is C23H23N3O2. The van der Waals surface area contributed by atoms with Crippen molar-refractivity contribution >= 4 is 10.9 Å². The molecule has 0 saturated heterocycles. The van der Waals surface area contributed by atoms with Crippen molar-refractivity contribution in [3.63, 3.8) is 0 Å². The Balaban J connectivity index is 1.23. The summed E-state index contributed by atoms with van der Waals surface area (Å²) in [4.78, 5) is 6.85. The minimum absolute atomic E-state index is 0.176. The summed E-state index contributed by atoms with van der Waals surface area (Å²) < 4.78 is 5.77. The topological polar surface area (TPSA) is 69.4 Å². The van der Waals surface area contributed by atoms with Crippen molar-refractivity contribution in [2.24, 2.45) is 0 Å². The predicted octanol–water partition coefficient (Wildman–Crippen LogP) is 4.03. The summed E-state index contributed by atoms with van der Waals surface area (Å²) in [7, 11) is 0. The van der Waals surface area contributed by atoms with Gasteiger partial charge in [0.05, 0.1) is 18.2 Å². The van der Waals surface area contributed by atoms with Crippen molar-refractivity contribution in [3.8, 4) is 17.7 Å². The fraction of sp³-hybridized carbons (Fsp3) is 0.304. The summed E-state index contributed by atoms with van der Waals surface area (Å²) in [6.07, 6.45) is 3.02. The van der Waals surface area contributed by atoms with E-state index in [2.05, 4.69) is 22.0 Å². The first-order valence-corrected chi connectivity index (χ1v) is 9.69. The third-order valence-corrected chi connectivity index (χ3v) is 5.22. The quantitative estimate of drug-likeness (QED) is 0.661. The Morgan fingerprint density at radius 1 is 1.11 bits per heavy atom. The van der Waals surface area contributed by atoms with Crippen LogP contribution >= 0.6 is 0 Å². The van der Waals surface area contributed by atoms with Crippen LogP contribution < -0.4 is 4.74 Å². The van der Waals surface area contributed by atoms with Crippen LogP contribution in [-0.2, 0) is 13.0 Å². The molecule has 0 aliphatic carbocycles. The smallest absolute Gasteiger partial charge is 0.213 e. The van der Waals surface area contributed by atoms with Gasteiger partial charge in [0.25, 0.3) is 0 Å². The van der Waals surface area contributed by atoms with Gasteiger partial charge in [0.2, 0.25) is 5.88 Å². The summed E-state index contributed by atoms with van der Waals surface area (Å²) in [6.45, 7) is 3.64. The maximum atomic E-state index is 9.91. The van der Waals surface area contributed by atoms with E-state index in [1.165, 1.54) is 11.1 Å². The third kappa shape index (κ3) is 4.08. The number of ether oxygens (including phenoxy) is 1. The van der Waals surface area contributed by atoms with Gasteiger partial charge in [-0.2, -0.15) is 5.26 Å². The molecule has 0 amide bonds. The summed E-state index contributed by atoms with van der Waals surface area (Å²) >= 11 is 0. The number of unbranched alkanes of at least 4 members (excludes halogenated alkanes) is 1. The standard InChI is InChI=1S/C23H23N3O2/c24-15-17-6-7-20-16-26(12-10-19(20)14-17)11-1-2-13-28-22-9-8-18-4-3-5-21(27)23(18)25-22/h3-9,14,27H,1-2,10-13,16H2. The molecule has 1 aromatic heterocycles. The number of benzene rings is 2. The van der Waals surface area contributed by atoms with Crippen LogP contribution in [0.3, 0.4) is 0 Å². The molecule has 28 heavy (non-hydrogen) atoms. The number of nitriles is 1. The van der Waals surface area contributed by atoms with Crippen molar-refractivity contribution in [2.75, 3.05) is 19.7 Å². The second-order valence-corrected chi connectivity index (χ2v) is 7.18. The van der Waals surface area contributed by atoms with Gasteiger partial charge in [0.1, 0.15) is 11.3 Å². The average Bonchev–Trinajstić information content (AvgIpc) is 2.73. The molecule has 0 unspecified atom stereocenters. The normalized spacial score (nSPS) is 13.8. The number of aromatic hydroxyl groups is 1. The second kappa shape index (κ2) is 8.28. The molecule has 4 rings (SSSR count). The van der Waals surface area contributed by atoms with Crippen LogP contribution in [0.4, 0.5) is 0 Å². The highest BCUT2D eigenvalue weighted by Crippen LogP contribution is 2.25. The van der Waals surface area contributed by atoms with E-state index in [9.17, 15) is 5.11 Å². The van der Waals surface area contributed by atoms with Gasteiger partial charge in [0.15, 0.2) is 0 Å². The number of nitrogens with zero attached hydrogens (tertiary/aromatic N) is 3. The fourth-order valence-corrected chi connectivity index (χ4v) is 3.68. The van der Waals surface area contributed by atoms with Crippen LogP contribution in [0.15, 0.2) is 48.5 Å². The average molecular weight is 373 g/mol. The molecule has 0 saturated carbocycles. The molecular weight excluding hydrogens is 350 g/mol. The highest BCUT2D eigenvalue weighted by atomic mass is 16.5. The number of phenols is 1. The number of aromatic nitrogens is 1. The Morgan fingerprint density at radius 2 is 2.04 bits per heavy atom. The summed E-state index contributed by atoms with van der Waals surface area (Å²) in [6, 6.07) is 17.4. The van der Waals surface area contributed by atoms with E-state index in [0.717, 1.165) is 49.8 Å². The molecule has 1 aliphatic rings. The molecule has 0 radical (unpaired) electrons. The first-order chi connectivity index (χ1) is 13.7. The molecule has 2 aromatic carbocycles. The maximum Gasteiger partial charge on any atom is 0.213 e. The molecule has 1 N–H and O–H groups in total. The van der Waals surface area contributed by atoms with E-state index in [0.29, 0.717) is 18.0 Å². The Kier molecular flexibility index (Phi) is 5.41. The SMILES string of the molecule is N#Cc1ccc2c(c1)CCN(CCCCOc1ccc3cccc(O)c3n1)C2. The lowest BCUT2D eigenvalue weighted by Gasteiger charge is -2.28. The number of fused-ring (bicyclic) bond motifs is 2. The Bertz CT molecular complexity index is 1030. The molecule has 142 valence electrons. The number of hydrogen-bond donors (Lipinski definition) is 1. The van der Waals surface area contributed by atoms with Crippen LogP contribution in [0, 0.1) is 11.3 Å². The van der Waals surface area contributed by atoms with Gasteiger partial charge < -0.3 is 9.84 Å². The highest BCUT2D eigenvalue weighted by Gasteiger charge is 2.16. The summed E-state index contributed by atoms with van der Waals surface area (Å²) in [5.74, 6) is 0.726. The molecule has 1 aliphatic heterocycles. The molecule has 0 spiro atoms. The molecule has 0 atom stereocenters. The first kappa shape index (κ1) is 18.3. The number of para-hydroxylation sites is 1. The van der Waals surface area contributed by atoms with Gasteiger partial charge in [-0.3, -0.25) is 4.90 Å². The zero-order valence-electron chi connectivity index (χ0n) is 15.8. The van der Waals surface area contributed by atoms with Crippen molar-refractivity contribution < 1.29 is 9.84 Å². The van der Waals surface area contributed by atoms with Crippen molar-refractivity contribution in [1.29, 1.82) is 5.26 Å². The van der Waals surface area contributed by atoms with Crippen molar-refractivity contribution in [3.05, 3.63) is 65.2 Å². The maximum absolute atomic E-state index is 9.91. The number of rotatable bonds is 6. The van der Waals surface area contributed by atoms with Crippen LogP contribution in [-0.4, -0.2) is 34.7 Å². The lowest BCUT2D eigenvalue weighted by Crippen LogP contribution is -2.31. The van der Waals surface area contributed by atoms with Gasteiger partial charge in [-0.25, -0.2) is 4.98 Å². The zero-order chi connectivity index (χ0) is 19.3. The number of pyridine rings is 1. The highest BCUT2D eigenvalue weighted by molar-refractivity contribution is 5.84. The Labute approximate surface area is 164 Å². The molecule has 3 aromatic rings. The van der Waals surface area contributed by atoms with Crippen LogP contribution in [0.5, 0.6) is 11.6 Å². The van der Waals surface area contributed by atoms with Crippen LogP contribution in [0.25, 0.3) is 10.9 Å². The van der Waals surface area contributed by atoms with E-state index < -0.39 is 0 Å². The van der Waals surface area contributed by atoms with Crippen molar-refractivity contribution in [1.82, 2.24) is 9.88 Å². The Morgan fingerprint density at radius 3 is 2.93 bits per heavy atom. The van der Waals surface area contributed by atoms with Gasteiger partial charge >= 0.3 is 0 Å². The van der Waals surface area contributed by atoms with E-state index in [-0.39, 0.29) is 5.75 Å². The molecule has 5 nitrogen and oxygen atoms in total. The Hall–Kier alpha value is -3.10. The van der Waals surface area contributed by atoms with Gasteiger partial charge in [-0.1, -0.05) is 18.2 Å². The molecule has 5 heteroatoms. The minimum atomic E-state index is 0.176. The largest absolute Gasteiger partial charge is 0.506 e. The van der Waals surface area contributed by atoms with E-state index in [1.807, 2.05) is 30.3 Å². The number of hydrogen-bond acceptors (Lipinski definition) is 5. The first-order valence-electron chi connectivity index (χ1n) is 9.69. The van der Waals surface area contributed by atoms with Crippen LogP contribution in [0.2, 0.25) is 0 Å². The van der Waals surface area contributed by atoms with Crippen LogP contribution in [0.1, 0.15) is 29.5 Å². The van der Waals surface area contributed by atoms with E-state index in [1.54, 1.807) is 12.1 Å². The lowest BCUT2D eigenvalue weighted by molar-refractivity contribution is 0.233. The monoisotopic (exact) mass is 373 g/mol. The lowest BCUT2D eigenvalue weighted by atomic mass is 9.97. The summed E-state index contributed by atoms with van der Waals surface area (Å²) in [5.41, 5.74) is 3.97. The van der Waals surface area contributed by atoms with E-state index >= 15 is 0 Å². The van der Waals surface area contributed by atoms with Gasteiger partial charge in [-0.15, -0.1) is 0 Å². The number of phenolic OH excluding ortho intramolecular Hbond substituents is 1.